The zero-order chi connectivity index (χ0) is 21.7. The molecule has 0 aliphatic heterocycles. The summed E-state index contributed by atoms with van der Waals surface area (Å²) in [4.78, 5) is 21.7. The van der Waals surface area contributed by atoms with Crippen molar-refractivity contribution in [3.05, 3.63) is 66.4 Å². The van der Waals surface area contributed by atoms with E-state index in [0.717, 1.165) is 6.20 Å². The Labute approximate surface area is 171 Å². The molecule has 0 saturated heterocycles. The first-order chi connectivity index (χ1) is 14.3. The topological polar surface area (TPSA) is 73.1 Å². The third-order valence-electron chi connectivity index (χ3n) is 4.41. The molecule has 10 heteroatoms. The number of benzene rings is 1. The Balaban J connectivity index is 1.71. The van der Waals surface area contributed by atoms with Crippen LogP contribution in [0.5, 0.6) is 5.88 Å². The molecule has 1 atom stereocenters. The number of hydrogen-bond acceptors (Lipinski definition) is 5. The number of nitrogens with zero attached hydrogens (tertiary/aromatic N) is 5. The van der Waals surface area contributed by atoms with Gasteiger partial charge in [-0.1, -0.05) is 12.1 Å². The highest BCUT2D eigenvalue weighted by atomic mass is 19.4. The van der Waals surface area contributed by atoms with E-state index in [1.165, 1.54) is 0 Å². The average molecular weight is 419 g/mol. The molecule has 0 spiro atoms. The van der Waals surface area contributed by atoms with Crippen molar-refractivity contribution in [2.45, 2.75) is 26.1 Å². The number of carbonyl (C=O) groups excluding carboxylic acids is 1. The van der Waals surface area contributed by atoms with Crippen molar-refractivity contribution in [3.63, 3.8) is 0 Å². The molecule has 0 N–H and O–H groups in total. The normalized spacial score (nSPS) is 12.4. The van der Waals surface area contributed by atoms with Gasteiger partial charge in [-0.05, 0) is 32.0 Å². The maximum absolute atomic E-state index is 13.2. The molecule has 1 amide bonds. The summed E-state index contributed by atoms with van der Waals surface area (Å²) in [5, 5.41) is 4.19. The van der Waals surface area contributed by atoms with Crippen molar-refractivity contribution in [1.29, 1.82) is 0 Å². The number of aromatic nitrogens is 4. The van der Waals surface area contributed by atoms with Crippen molar-refractivity contribution in [2.75, 3.05) is 13.2 Å². The SMILES string of the molecule is CCN(C(=O)c1ccccc1-n1cccn1)[C@@H](C)COc1cnc(C(F)(F)F)cn1. The van der Waals surface area contributed by atoms with Crippen molar-refractivity contribution in [1.82, 2.24) is 24.6 Å². The minimum atomic E-state index is -4.56. The van der Waals surface area contributed by atoms with Gasteiger partial charge in [0, 0.05) is 18.9 Å². The van der Waals surface area contributed by atoms with Gasteiger partial charge < -0.3 is 9.64 Å². The van der Waals surface area contributed by atoms with E-state index < -0.39 is 11.9 Å². The zero-order valence-electron chi connectivity index (χ0n) is 16.4. The first-order valence-corrected chi connectivity index (χ1v) is 9.23. The second-order valence-electron chi connectivity index (χ2n) is 6.46. The van der Waals surface area contributed by atoms with E-state index in [1.54, 1.807) is 53.2 Å². The number of alkyl halides is 3. The van der Waals surface area contributed by atoms with Crippen LogP contribution in [0.15, 0.2) is 55.1 Å². The molecule has 0 saturated carbocycles. The predicted molar refractivity (Wildman–Crippen MR) is 102 cm³/mol. The molecule has 0 fully saturated rings. The van der Waals surface area contributed by atoms with Crippen molar-refractivity contribution in [2.24, 2.45) is 0 Å². The molecular weight excluding hydrogens is 399 g/mol. The number of likely N-dealkylation sites (N-methyl/N-ethyl adjacent to an activating group) is 1. The molecule has 3 rings (SSSR count). The number of halogens is 3. The van der Waals surface area contributed by atoms with Gasteiger partial charge >= 0.3 is 6.18 Å². The zero-order valence-corrected chi connectivity index (χ0v) is 16.4. The Kier molecular flexibility index (Phi) is 6.34. The molecule has 0 aliphatic carbocycles. The van der Waals surface area contributed by atoms with E-state index >= 15 is 0 Å². The Hall–Kier alpha value is -3.43. The summed E-state index contributed by atoms with van der Waals surface area (Å²) >= 11 is 0. The lowest BCUT2D eigenvalue weighted by molar-refractivity contribution is -0.141. The average Bonchev–Trinajstić information content (AvgIpc) is 3.27. The van der Waals surface area contributed by atoms with E-state index in [1.807, 2.05) is 13.0 Å². The summed E-state index contributed by atoms with van der Waals surface area (Å²) in [6, 6.07) is 8.51. The van der Waals surface area contributed by atoms with Crippen LogP contribution >= 0.6 is 0 Å². The van der Waals surface area contributed by atoms with E-state index in [-0.39, 0.29) is 24.4 Å². The summed E-state index contributed by atoms with van der Waals surface area (Å²) in [5.41, 5.74) is 0.0281. The van der Waals surface area contributed by atoms with Crippen LogP contribution in [0.2, 0.25) is 0 Å². The fraction of sp³-hybridized carbons (Fsp3) is 0.300. The van der Waals surface area contributed by atoms with Gasteiger partial charge in [0.05, 0.1) is 29.7 Å². The maximum atomic E-state index is 13.2. The van der Waals surface area contributed by atoms with Gasteiger partial charge in [0.1, 0.15) is 6.61 Å². The van der Waals surface area contributed by atoms with Gasteiger partial charge in [0.15, 0.2) is 5.69 Å². The third kappa shape index (κ3) is 4.76. The molecule has 2 heterocycles. The van der Waals surface area contributed by atoms with Crippen LogP contribution in [-0.4, -0.2) is 49.7 Å². The second kappa shape index (κ2) is 8.93. The van der Waals surface area contributed by atoms with Crippen LogP contribution in [0.1, 0.15) is 29.9 Å². The molecule has 7 nitrogen and oxygen atoms in total. The summed E-state index contributed by atoms with van der Waals surface area (Å²) in [7, 11) is 0. The molecule has 3 aromatic rings. The van der Waals surface area contributed by atoms with Gasteiger partial charge in [-0.25, -0.2) is 14.6 Å². The number of para-hydroxylation sites is 1. The van der Waals surface area contributed by atoms with Gasteiger partial charge in [0.2, 0.25) is 5.88 Å². The first-order valence-electron chi connectivity index (χ1n) is 9.23. The minimum Gasteiger partial charge on any atom is -0.474 e. The Morgan fingerprint density at radius 3 is 2.57 bits per heavy atom. The molecule has 0 unspecified atom stereocenters. The van der Waals surface area contributed by atoms with E-state index in [2.05, 4.69) is 15.1 Å². The van der Waals surface area contributed by atoms with E-state index in [9.17, 15) is 18.0 Å². The lowest BCUT2D eigenvalue weighted by Crippen LogP contribution is -2.42. The standard InChI is InChI=1S/C20H20F3N5O2/c1-3-27(14(2)13-30-18-12-24-17(11-25-18)20(21,22)23)19(29)15-7-4-5-8-16(15)28-10-6-9-26-28/h4-12,14H,3,13H2,1-2H3/t14-/m0/s1. The van der Waals surface area contributed by atoms with Gasteiger partial charge in [-0.3, -0.25) is 4.79 Å². The molecule has 0 bridgehead atoms. The lowest BCUT2D eigenvalue weighted by atomic mass is 10.1. The molecule has 0 radical (unpaired) electrons. The summed E-state index contributed by atoms with van der Waals surface area (Å²) in [6.45, 7) is 4.08. The second-order valence-corrected chi connectivity index (χ2v) is 6.46. The number of rotatable bonds is 7. The lowest BCUT2D eigenvalue weighted by Gasteiger charge is -2.28. The van der Waals surface area contributed by atoms with Gasteiger partial charge in [0.25, 0.3) is 5.91 Å². The first kappa shape index (κ1) is 21.3. The number of hydrogen-bond donors (Lipinski definition) is 0. The number of ether oxygens (including phenoxy) is 1. The number of carbonyl (C=O) groups is 1. The minimum absolute atomic E-state index is 0.0452. The fourth-order valence-corrected chi connectivity index (χ4v) is 2.91. The highest BCUT2D eigenvalue weighted by Gasteiger charge is 2.33. The molecule has 2 aromatic heterocycles. The van der Waals surface area contributed by atoms with Crippen molar-refractivity contribution >= 4 is 5.91 Å². The number of amides is 1. The molecule has 0 aliphatic rings. The monoisotopic (exact) mass is 419 g/mol. The van der Waals surface area contributed by atoms with Crippen LogP contribution in [0.3, 0.4) is 0 Å². The van der Waals surface area contributed by atoms with Crippen molar-refractivity contribution in [3.8, 4) is 11.6 Å². The Morgan fingerprint density at radius 1 is 1.20 bits per heavy atom. The smallest absolute Gasteiger partial charge is 0.434 e. The quantitative estimate of drug-likeness (QED) is 0.585. The summed E-state index contributed by atoms with van der Waals surface area (Å²) in [5.74, 6) is -0.256. The molecule has 1 aromatic carbocycles. The van der Waals surface area contributed by atoms with Crippen LogP contribution < -0.4 is 4.74 Å². The van der Waals surface area contributed by atoms with Crippen LogP contribution in [0, 0.1) is 0 Å². The Bertz CT molecular complexity index is 975. The van der Waals surface area contributed by atoms with Crippen molar-refractivity contribution < 1.29 is 22.7 Å². The highest BCUT2D eigenvalue weighted by molar-refractivity contribution is 5.98. The van der Waals surface area contributed by atoms with Crippen LogP contribution in [-0.2, 0) is 6.18 Å². The van der Waals surface area contributed by atoms with E-state index in [4.69, 9.17) is 4.74 Å². The fourth-order valence-electron chi connectivity index (χ4n) is 2.91. The molecular formula is C20H20F3N5O2. The summed E-state index contributed by atoms with van der Waals surface area (Å²) in [6.07, 6.45) is 0.342. The maximum Gasteiger partial charge on any atom is 0.434 e. The summed E-state index contributed by atoms with van der Waals surface area (Å²) < 4.78 is 44.8. The van der Waals surface area contributed by atoms with Crippen LogP contribution in [0.25, 0.3) is 5.69 Å². The molecule has 30 heavy (non-hydrogen) atoms. The largest absolute Gasteiger partial charge is 0.474 e. The Morgan fingerprint density at radius 2 is 1.97 bits per heavy atom. The molecule has 158 valence electrons. The third-order valence-corrected chi connectivity index (χ3v) is 4.41. The van der Waals surface area contributed by atoms with Gasteiger partial charge in [-0.15, -0.1) is 0 Å². The van der Waals surface area contributed by atoms with Crippen LogP contribution in [0.4, 0.5) is 13.2 Å². The predicted octanol–water partition coefficient (Wildman–Crippen LogP) is 3.61. The van der Waals surface area contributed by atoms with E-state index in [0.29, 0.717) is 24.0 Å². The highest BCUT2D eigenvalue weighted by Crippen LogP contribution is 2.27. The van der Waals surface area contributed by atoms with Gasteiger partial charge in [-0.2, -0.15) is 18.3 Å².